The predicted molar refractivity (Wildman–Crippen MR) is 113 cm³/mol. The average Bonchev–Trinajstić information content (AvgIpc) is 2.90. The Morgan fingerprint density at radius 1 is 1.29 bits per heavy atom. The predicted octanol–water partition coefficient (Wildman–Crippen LogP) is 2.53. The Hall–Kier alpha value is -1.29. The highest BCUT2D eigenvalue weighted by Crippen LogP contribution is 2.10. The van der Waals surface area contributed by atoms with Gasteiger partial charge in [0.1, 0.15) is 0 Å². The SMILES string of the molecule is CN=C(NCCSC)NCc1ccc(-n2nc(C)cc2C)nc1.I. The molecule has 0 unspecified atom stereocenters. The Morgan fingerprint density at radius 3 is 2.62 bits per heavy atom. The van der Waals surface area contributed by atoms with Gasteiger partial charge in [0.05, 0.1) is 5.69 Å². The van der Waals surface area contributed by atoms with Gasteiger partial charge in [0, 0.05) is 37.8 Å². The van der Waals surface area contributed by atoms with Gasteiger partial charge < -0.3 is 10.6 Å². The first-order valence-electron chi connectivity index (χ1n) is 7.56. The van der Waals surface area contributed by atoms with Gasteiger partial charge >= 0.3 is 0 Å². The highest BCUT2D eigenvalue weighted by molar-refractivity contribution is 14.0. The smallest absolute Gasteiger partial charge is 0.191 e. The summed E-state index contributed by atoms with van der Waals surface area (Å²) in [4.78, 5) is 8.70. The van der Waals surface area contributed by atoms with Gasteiger partial charge in [-0.2, -0.15) is 16.9 Å². The molecule has 8 heteroatoms. The van der Waals surface area contributed by atoms with Crippen molar-refractivity contribution in [2.45, 2.75) is 20.4 Å². The van der Waals surface area contributed by atoms with Crippen LogP contribution in [0.1, 0.15) is 17.0 Å². The maximum atomic E-state index is 4.50. The molecule has 2 aromatic rings. The first-order valence-corrected chi connectivity index (χ1v) is 8.95. The minimum absolute atomic E-state index is 0. The largest absolute Gasteiger partial charge is 0.356 e. The molecule has 24 heavy (non-hydrogen) atoms. The molecular weight excluding hydrogens is 435 g/mol. The van der Waals surface area contributed by atoms with Gasteiger partial charge in [0.2, 0.25) is 0 Å². The molecule has 6 nitrogen and oxygen atoms in total. The Morgan fingerprint density at radius 2 is 2.08 bits per heavy atom. The summed E-state index contributed by atoms with van der Waals surface area (Å²) in [5.41, 5.74) is 3.18. The van der Waals surface area contributed by atoms with Crippen molar-refractivity contribution in [2.24, 2.45) is 4.99 Å². The minimum atomic E-state index is 0. The summed E-state index contributed by atoms with van der Waals surface area (Å²) in [7, 11) is 1.78. The molecule has 0 aromatic carbocycles. The zero-order valence-electron chi connectivity index (χ0n) is 14.5. The van der Waals surface area contributed by atoms with Crippen molar-refractivity contribution in [3.05, 3.63) is 41.3 Å². The summed E-state index contributed by atoms with van der Waals surface area (Å²) < 4.78 is 1.86. The Labute approximate surface area is 164 Å². The summed E-state index contributed by atoms with van der Waals surface area (Å²) in [6.45, 7) is 5.60. The molecule has 0 aliphatic rings. The lowest BCUT2D eigenvalue weighted by Crippen LogP contribution is -2.37. The fourth-order valence-corrected chi connectivity index (χ4v) is 2.49. The van der Waals surface area contributed by atoms with Gasteiger partial charge in [-0.1, -0.05) is 6.07 Å². The topological polar surface area (TPSA) is 67.1 Å². The number of guanidine groups is 1. The van der Waals surface area contributed by atoms with Crippen LogP contribution in [0.3, 0.4) is 0 Å². The molecule has 0 fully saturated rings. The summed E-state index contributed by atoms with van der Waals surface area (Å²) in [5, 5.41) is 11.0. The van der Waals surface area contributed by atoms with E-state index in [9.17, 15) is 0 Å². The third-order valence-electron chi connectivity index (χ3n) is 3.32. The molecule has 0 atom stereocenters. The Balaban J connectivity index is 0.00000288. The summed E-state index contributed by atoms with van der Waals surface area (Å²) >= 11 is 1.81. The maximum absolute atomic E-state index is 4.50. The van der Waals surface area contributed by atoms with Gasteiger partial charge in [-0.15, -0.1) is 24.0 Å². The molecule has 0 amide bonds. The number of nitrogens with zero attached hydrogens (tertiary/aromatic N) is 4. The number of hydrogen-bond donors (Lipinski definition) is 2. The number of rotatable bonds is 6. The fraction of sp³-hybridized carbons (Fsp3) is 0.438. The molecule has 0 saturated heterocycles. The molecule has 0 bridgehead atoms. The molecule has 0 aliphatic carbocycles. The second-order valence-corrected chi connectivity index (χ2v) is 6.19. The fourth-order valence-electron chi connectivity index (χ4n) is 2.19. The van der Waals surface area contributed by atoms with Crippen LogP contribution in [0.4, 0.5) is 0 Å². The number of thioether (sulfide) groups is 1. The molecule has 0 saturated carbocycles. The van der Waals surface area contributed by atoms with Gasteiger partial charge in [-0.25, -0.2) is 9.67 Å². The molecule has 0 aliphatic heterocycles. The van der Waals surface area contributed by atoms with Crippen LogP contribution in [-0.4, -0.2) is 46.3 Å². The van der Waals surface area contributed by atoms with Gasteiger partial charge in [-0.05, 0) is 37.8 Å². The van der Waals surface area contributed by atoms with Crippen LogP contribution in [0.2, 0.25) is 0 Å². The van der Waals surface area contributed by atoms with Gasteiger partial charge in [0.25, 0.3) is 0 Å². The normalized spacial score (nSPS) is 11.1. The van der Waals surface area contributed by atoms with Crippen LogP contribution in [0.15, 0.2) is 29.4 Å². The van der Waals surface area contributed by atoms with Gasteiger partial charge in [0.15, 0.2) is 11.8 Å². The molecule has 132 valence electrons. The average molecular weight is 460 g/mol. The lowest BCUT2D eigenvalue weighted by Gasteiger charge is -2.11. The maximum Gasteiger partial charge on any atom is 0.191 e. The number of halogens is 1. The summed E-state index contributed by atoms with van der Waals surface area (Å²) in [5.74, 6) is 2.70. The number of aryl methyl sites for hydroxylation is 2. The van der Waals surface area contributed by atoms with E-state index in [0.717, 1.165) is 41.0 Å². The molecule has 2 N–H and O–H groups in total. The summed E-state index contributed by atoms with van der Waals surface area (Å²) in [6, 6.07) is 6.09. The lowest BCUT2D eigenvalue weighted by molar-refractivity contribution is 0.795. The second-order valence-electron chi connectivity index (χ2n) is 5.21. The van der Waals surface area contributed by atoms with E-state index in [1.54, 1.807) is 7.05 Å². The van der Waals surface area contributed by atoms with Crippen molar-refractivity contribution in [1.82, 2.24) is 25.4 Å². The lowest BCUT2D eigenvalue weighted by atomic mass is 10.3. The van der Waals surface area contributed by atoms with Crippen molar-refractivity contribution in [3.8, 4) is 5.82 Å². The van der Waals surface area contributed by atoms with Crippen LogP contribution in [0.5, 0.6) is 0 Å². The van der Waals surface area contributed by atoms with Crippen molar-refractivity contribution >= 4 is 41.7 Å². The Kier molecular flexibility index (Phi) is 9.12. The van der Waals surface area contributed by atoms with E-state index in [-0.39, 0.29) is 24.0 Å². The van der Waals surface area contributed by atoms with Crippen LogP contribution < -0.4 is 10.6 Å². The quantitative estimate of drug-likeness (QED) is 0.300. The van der Waals surface area contributed by atoms with Crippen molar-refractivity contribution < 1.29 is 0 Å². The first kappa shape index (κ1) is 20.8. The third-order valence-corrected chi connectivity index (χ3v) is 3.93. The van der Waals surface area contributed by atoms with Crippen LogP contribution in [0, 0.1) is 13.8 Å². The number of aliphatic imine (C=N–C) groups is 1. The molecule has 0 spiro atoms. The highest BCUT2D eigenvalue weighted by Gasteiger charge is 2.05. The number of hydrogen-bond acceptors (Lipinski definition) is 4. The van der Waals surface area contributed by atoms with Crippen molar-refractivity contribution in [2.75, 3.05) is 25.6 Å². The minimum Gasteiger partial charge on any atom is -0.356 e. The second kappa shape index (κ2) is 10.5. The van der Waals surface area contributed by atoms with Crippen LogP contribution >= 0.6 is 35.7 Å². The number of aromatic nitrogens is 3. The standard InChI is InChI=1S/C16H24N6S.HI/c1-12-9-13(2)22(21-12)15-6-5-14(10-19-15)11-20-16(17-3)18-7-8-23-4;/h5-6,9-10H,7-8,11H2,1-4H3,(H2,17,18,20);1H. The molecule has 2 rings (SSSR count). The molecule has 2 heterocycles. The molecule has 0 radical (unpaired) electrons. The van der Waals surface area contributed by atoms with E-state index < -0.39 is 0 Å². The first-order chi connectivity index (χ1) is 11.1. The summed E-state index contributed by atoms with van der Waals surface area (Å²) in [6.07, 6.45) is 3.96. The van der Waals surface area contributed by atoms with E-state index >= 15 is 0 Å². The molecule has 2 aromatic heterocycles. The van der Waals surface area contributed by atoms with Crippen molar-refractivity contribution in [1.29, 1.82) is 0 Å². The zero-order valence-corrected chi connectivity index (χ0v) is 17.7. The Bertz CT molecular complexity index is 653. The number of nitrogens with one attached hydrogen (secondary N) is 2. The van der Waals surface area contributed by atoms with Crippen LogP contribution in [-0.2, 0) is 6.54 Å². The van der Waals surface area contributed by atoms with Gasteiger partial charge in [-0.3, -0.25) is 4.99 Å². The monoisotopic (exact) mass is 460 g/mol. The zero-order chi connectivity index (χ0) is 16.7. The van der Waals surface area contributed by atoms with Crippen molar-refractivity contribution in [3.63, 3.8) is 0 Å². The third kappa shape index (κ3) is 5.97. The van der Waals surface area contributed by atoms with E-state index in [4.69, 9.17) is 0 Å². The van der Waals surface area contributed by atoms with E-state index in [1.807, 2.05) is 48.6 Å². The molecular formula is C16H25IN6S. The highest BCUT2D eigenvalue weighted by atomic mass is 127. The van der Waals surface area contributed by atoms with E-state index in [0.29, 0.717) is 6.54 Å². The van der Waals surface area contributed by atoms with Crippen LogP contribution in [0.25, 0.3) is 5.82 Å². The van der Waals surface area contributed by atoms with E-state index in [1.165, 1.54) is 0 Å². The van der Waals surface area contributed by atoms with E-state index in [2.05, 4.69) is 38.0 Å². The number of pyridine rings is 1.